The highest BCUT2D eigenvalue weighted by molar-refractivity contribution is 8.00. The van der Waals surface area contributed by atoms with E-state index in [0.29, 0.717) is 13.2 Å². The number of hydrogen-bond acceptors (Lipinski definition) is 6. The topological polar surface area (TPSA) is 61.0 Å². The van der Waals surface area contributed by atoms with E-state index in [9.17, 15) is 0 Å². The summed E-state index contributed by atoms with van der Waals surface area (Å²) in [6, 6.07) is 8.08. The molecule has 2 aromatic rings. The Morgan fingerprint density at radius 1 is 1.28 bits per heavy atom. The quantitative estimate of drug-likeness (QED) is 0.623. The van der Waals surface area contributed by atoms with Gasteiger partial charge in [0.15, 0.2) is 4.34 Å². The molecule has 0 amide bonds. The third kappa shape index (κ3) is 4.29. The molecule has 18 heavy (non-hydrogen) atoms. The van der Waals surface area contributed by atoms with Gasteiger partial charge in [0.05, 0.1) is 6.61 Å². The molecule has 0 unspecified atom stereocenters. The van der Waals surface area contributed by atoms with E-state index in [1.807, 2.05) is 12.1 Å². The number of aromatic nitrogens is 2. The molecule has 0 saturated heterocycles. The highest BCUT2D eigenvalue weighted by atomic mass is 32.2. The monoisotopic (exact) mass is 281 g/mol. The van der Waals surface area contributed by atoms with Crippen LogP contribution in [0.5, 0.6) is 5.75 Å². The van der Waals surface area contributed by atoms with Crippen LogP contribution >= 0.6 is 23.3 Å². The smallest absolute Gasteiger partial charge is 0.169 e. The average molecular weight is 281 g/mol. The molecule has 0 radical (unpaired) electrons. The van der Waals surface area contributed by atoms with E-state index in [-0.39, 0.29) is 0 Å². The summed E-state index contributed by atoms with van der Waals surface area (Å²) in [6.45, 7) is 1.35. The van der Waals surface area contributed by atoms with E-state index < -0.39 is 0 Å². The molecule has 0 aliphatic heterocycles. The highest BCUT2D eigenvalue weighted by Gasteiger charge is 1.99. The predicted molar refractivity (Wildman–Crippen MR) is 75.3 cm³/mol. The van der Waals surface area contributed by atoms with Gasteiger partial charge < -0.3 is 10.5 Å². The van der Waals surface area contributed by atoms with Crippen molar-refractivity contribution in [3.8, 4) is 5.75 Å². The summed E-state index contributed by atoms with van der Waals surface area (Å²) in [7, 11) is 0. The minimum atomic E-state index is 0.667. The fourth-order valence-corrected chi connectivity index (χ4v) is 2.77. The van der Waals surface area contributed by atoms with Crippen LogP contribution in [-0.4, -0.2) is 28.3 Å². The fourth-order valence-electron chi connectivity index (χ4n) is 1.43. The molecule has 0 aliphatic carbocycles. The van der Waals surface area contributed by atoms with Crippen LogP contribution in [0.15, 0.2) is 34.9 Å². The van der Waals surface area contributed by atoms with E-state index in [0.717, 1.165) is 22.3 Å². The molecule has 1 aromatic heterocycles. The average Bonchev–Trinajstić information content (AvgIpc) is 2.90. The second-order valence-electron chi connectivity index (χ2n) is 3.59. The SMILES string of the molecule is NCCc1ccc(OCCSc2ncns2)cc1. The van der Waals surface area contributed by atoms with Gasteiger partial charge in [-0.15, -0.1) is 0 Å². The fraction of sp³-hybridized carbons (Fsp3) is 0.333. The molecule has 1 heterocycles. The zero-order valence-corrected chi connectivity index (χ0v) is 11.5. The molecule has 0 bridgehead atoms. The van der Waals surface area contributed by atoms with Crippen molar-refractivity contribution in [1.29, 1.82) is 0 Å². The second-order valence-corrected chi connectivity index (χ2v) is 5.71. The lowest BCUT2D eigenvalue weighted by Gasteiger charge is -2.06. The standard InChI is InChI=1S/C12H15N3OS2/c13-6-5-10-1-3-11(4-2-10)16-7-8-17-12-14-9-15-18-12/h1-4,9H,5-8,13H2. The molecular weight excluding hydrogens is 266 g/mol. The Hall–Kier alpha value is -1.11. The Morgan fingerprint density at radius 3 is 2.78 bits per heavy atom. The summed E-state index contributed by atoms with van der Waals surface area (Å²) in [5, 5.41) is 0. The predicted octanol–water partition coefficient (Wildman–Crippen LogP) is 2.21. The van der Waals surface area contributed by atoms with Gasteiger partial charge in [0.25, 0.3) is 0 Å². The van der Waals surface area contributed by atoms with Crippen molar-refractivity contribution in [2.24, 2.45) is 5.73 Å². The van der Waals surface area contributed by atoms with E-state index in [2.05, 4.69) is 21.5 Å². The Bertz CT molecular complexity index is 445. The van der Waals surface area contributed by atoms with Gasteiger partial charge in [-0.2, -0.15) is 4.37 Å². The maximum atomic E-state index is 5.64. The van der Waals surface area contributed by atoms with Crippen molar-refractivity contribution in [2.45, 2.75) is 10.8 Å². The number of hydrogen-bond donors (Lipinski definition) is 1. The first-order valence-electron chi connectivity index (χ1n) is 5.70. The Kier molecular flexibility index (Phi) is 5.44. The molecule has 0 aliphatic rings. The van der Waals surface area contributed by atoms with Crippen LogP contribution in [0.4, 0.5) is 0 Å². The van der Waals surface area contributed by atoms with Crippen LogP contribution in [0.25, 0.3) is 0 Å². The number of ether oxygens (including phenoxy) is 1. The minimum absolute atomic E-state index is 0.667. The van der Waals surface area contributed by atoms with Crippen molar-refractivity contribution < 1.29 is 4.74 Å². The Labute approximate surface area is 115 Å². The largest absolute Gasteiger partial charge is 0.493 e. The van der Waals surface area contributed by atoms with Gasteiger partial charge in [-0.25, -0.2) is 4.98 Å². The summed E-state index contributed by atoms with van der Waals surface area (Å²) < 4.78 is 10.6. The molecule has 0 spiro atoms. The number of thioether (sulfide) groups is 1. The molecule has 2 rings (SSSR count). The van der Waals surface area contributed by atoms with Gasteiger partial charge in [-0.3, -0.25) is 0 Å². The summed E-state index contributed by atoms with van der Waals surface area (Å²) >= 11 is 3.07. The number of nitrogens with two attached hydrogens (primary N) is 1. The summed E-state index contributed by atoms with van der Waals surface area (Å²) in [5.41, 5.74) is 6.74. The molecular formula is C12H15N3OS2. The first-order valence-corrected chi connectivity index (χ1v) is 7.45. The molecule has 96 valence electrons. The number of benzene rings is 1. The van der Waals surface area contributed by atoms with Crippen LogP contribution in [0.1, 0.15) is 5.56 Å². The van der Waals surface area contributed by atoms with Gasteiger partial charge in [0.1, 0.15) is 12.1 Å². The molecule has 0 saturated carbocycles. The molecule has 0 atom stereocenters. The van der Waals surface area contributed by atoms with E-state index in [1.54, 1.807) is 18.1 Å². The Morgan fingerprint density at radius 2 is 2.11 bits per heavy atom. The maximum absolute atomic E-state index is 5.64. The van der Waals surface area contributed by atoms with Gasteiger partial charge >= 0.3 is 0 Å². The first-order chi connectivity index (χ1) is 8.88. The van der Waals surface area contributed by atoms with Crippen LogP contribution in [0.3, 0.4) is 0 Å². The third-order valence-corrected chi connectivity index (χ3v) is 4.04. The van der Waals surface area contributed by atoms with E-state index >= 15 is 0 Å². The van der Waals surface area contributed by atoms with Crippen molar-refractivity contribution in [1.82, 2.24) is 9.36 Å². The van der Waals surface area contributed by atoms with Crippen LogP contribution in [0.2, 0.25) is 0 Å². The van der Waals surface area contributed by atoms with E-state index in [4.69, 9.17) is 10.5 Å². The van der Waals surface area contributed by atoms with Crippen molar-refractivity contribution >= 4 is 23.3 Å². The lowest BCUT2D eigenvalue weighted by atomic mass is 10.1. The molecule has 2 N–H and O–H groups in total. The second kappa shape index (κ2) is 7.35. The number of rotatable bonds is 7. The molecule has 1 aromatic carbocycles. The lowest BCUT2D eigenvalue weighted by molar-refractivity contribution is 0.344. The normalized spacial score (nSPS) is 10.5. The summed E-state index contributed by atoms with van der Waals surface area (Å²) in [4.78, 5) is 4.10. The summed E-state index contributed by atoms with van der Waals surface area (Å²) in [6.07, 6.45) is 2.48. The van der Waals surface area contributed by atoms with Crippen molar-refractivity contribution in [2.75, 3.05) is 18.9 Å². The zero-order valence-electron chi connectivity index (χ0n) is 9.91. The van der Waals surface area contributed by atoms with Crippen LogP contribution in [0, 0.1) is 0 Å². The first kappa shape index (κ1) is 13.3. The maximum Gasteiger partial charge on any atom is 0.169 e. The van der Waals surface area contributed by atoms with Gasteiger partial charge in [0, 0.05) is 5.75 Å². The van der Waals surface area contributed by atoms with Crippen LogP contribution in [-0.2, 0) is 6.42 Å². The van der Waals surface area contributed by atoms with E-state index in [1.165, 1.54) is 17.1 Å². The minimum Gasteiger partial charge on any atom is -0.493 e. The zero-order chi connectivity index (χ0) is 12.6. The number of nitrogens with zero attached hydrogens (tertiary/aromatic N) is 2. The highest BCUT2D eigenvalue weighted by Crippen LogP contribution is 2.18. The van der Waals surface area contributed by atoms with Crippen molar-refractivity contribution in [3.05, 3.63) is 36.2 Å². The third-order valence-electron chi connectivity index (χ3n) is 2.28. The Balaban J connectivity index is 1.69. The van der Waals surface area contributed by atoms with Crippen molar-refractivity contribution in [3.63, 3.8) is 0 Å². The van der Waals surface area contributed by atoms with Crippen LogP contribution < -0.4 is 10.5 Å². The molecule has 0 fully saturated rings. The lowest BCUT2D eigenvalue weighted by Crippen LogP contribution is -2.03. The molecule has 4 nitrogen and oxygen atoms in total. The van der Waals surface area contributed by atoms with Gasteiger partial charge in [-0.05, 0) is 42.2 Å². The van der Waals surface area contributed by atoms with Gasteiger partial charge in [0.2, 0.25) is 0 Å². The molecule has 6 heteroatoms. The van der Waals surface area contributed by atoms with Gasteiger partial charge in [-0.1, -0.05) is 23.9 Å². The summed E-state index contributed by atoms with van der Waals surface area (Å²) in [5.74, 6) is 1.77.